The Hall–Kier alpha value is -3.03. The fourth-order valence-corrected chi connectivity index (χ4v) is 2.56. The average Bonchev–Trinajstić information content (AvgIpc) is 2.58. The molecule has 1 aromatic heterocycles. The highest BCUT2D eigenvalue weighted by Crippen LogP contribution is 2.37. The van der Waals surface area contributed by atoms with Crippen LogP contribution in [0.15, 0.2) is 18.3 Å². The minimum Gasteiger partial charge on any atom is -0.497 e. The fraction of sp³-hybridized carbons (Fsp3) is 0.353. The van der Waals surface area contributed by atoms with Gasteiger partial charge in [-0.3, -0.25) is 9.78 Å². The molecule has 2 aromatic rings. The zero-order chi connectivity index (χ0) is 18.6. The minimum absolute atomic E-state index is 0.174. The van der Waals surface area contributed by atoms with Gasteiger partial charge in [0.1, 0.15) is 29.1 Å². The quantitative estimate of drug-likeness (QED) is 0.758. The van der Waals surface area contributed by atoms with Crippen LogP contribution in [0.3, 0.4) is 0 Å². The van der Waals surface area contributed by atoms with Crippen LogP contribution < -0.4 is 14.4 Å². The van der Waals surface area contributed by atoms with Crippen molar-refractivity contribution in [3.05, 3.63) is 23.9 Å². The third-order valence-electron chi connectivity index (χ3n) is 3.59. The average molecular weight is 348 g/mol. The summed E-state index contributed by atoms with van der Waals surface area (Å²) in [6.45, 7) is 1.59. The molecule has 0 bridgehead atoms. The van der Waals surface area contributed by atoms with E-state index in [1.807, 2.05) is 0 Å². The Kier molecular flexibility index (Phi) is 5.63. The van der Waals surface area contributed by atoms with Crippen LogP contribution in [0.4, 0.5) is 5.69 Å². The molecule has 0 atom stereocenters. The van der Waals surface area contributed by atoms with Crippen LogP contribution in [0.1, 0.15) is 17.3 Å². The van der Waals surface area contributed by atoms with Crippen LogP contribution in [-0.4, -0.2) is 56.4 Å². The van der Waals surface area contributed by atoms with Gasteiger partial charge in [-0.15, -0.1) is 0 Å². The molecule has 0 saturated carbocycles. The van der Waals surface area contributed by atoms with E-state index in [0.717, 1.165) is 0 Å². The molecule has 0 aliphatic rings. The maximum absolute atomic E-state index is 12.3. The van der Waals surface area contributed by atoms with Crippen LogP contribution in [0.2, 0.25) is 0 Å². The van der Waals surface area contributed by atoms with E-state index in [2.05, 4.69) is 4.98 Å². The topological polar surface area (TPSA) is 98.2 Å². The van der Waals surface area contributed by atoms with Crippen molar-refractivity contribution in [2.24, 2.45) is 0 Å². The lowest BCUT2D eigenvalue weighted by Crippen LogP contribution is -2.27. The SMILES string of the molecule is CCOC(=O)c1cnc2c(OC)cc(OC)cc2c1N(C)CC(=O)O. The summed E-state index contributed by atoms with van der Waals surface area (Å²) >= 11 is 0. The second kappa shape index (κ2) is 7.69. The lowest BCUT2D eigenvalue weighted by molar-refractivity contribution is -0.135. The Balaban J connectivity index is 2.80. The second-order valence-electron chi connectivity index (χ2n) is 5.22. The predicted octanol–water partition coefficient (Wildman–Crippen LogP) is 1.95. The number of carboxylic acids is 1. The van der Waals surface area contributed by atoms with Gasteiger partial charge in [0.05, 0.1) is 26.5 Å². The maximum atomic E-state index is 12.3. The van der Waals surface area contributed by atoms with Gasteiger partial charge in [-0.25, -0.2) is 4.79 Å². The number of anilines is 1. The van der Waals surface area contributed by atoms with Crippen LogP contribution in [0.25, 0.3) is 10.9 Å². The Labute approximate surface area is 144 Å². The van der Waals surface area contributed by atoms with Crippen molar-refractivity contribution in [3.8, 4) is 11.5 Å². The van der Waals surface area contributed by atoms with Gasteiger partial charge in [0.25, 0.3) is 0 Å². The summed E-state index contributed by atoms with van der Waals surface area (Å²) in [5, 5.41) is 9.66. The number of aliphatic carboxylic acids is 1. The molecule has 0 fully saturated rings. The number of carbonyl (C=O) groups is 2. The Morgan fingerprint density at radius 2 is 1.96 bits per heavy atom. The standard InChI is InChI=1S/C17H20N2O6/c1-5-25-17(22)12-8-18-15-11(16(12)19(2)9-14(20)21)6-10(23-3)7-13(15)24-4/h6-8H,5,9H2,1-4H3,(H,20,21). The molecule has 2 rings (SSSR count). The summed E-state index contributed by atoms with van der Waals surface area (Å²) in [5.41, 5.74) is 1.06. The molecule has 0 aliphatic heterocycles. The maximum Gasteiger partial charge on any atom is 0.341 e. The zero-order valence-electron chi connectivity index (χ0n) is 14.5. The molecular weight excluding hydrogens is 328 g/mol. The van der Waals surface area contributed by atoms with Crippen molar-refractivity contribution in [2.45, 2.75) is 6.92 Å². The highest BCUT2D eigenvalue weighted by molar-refractivity contribution is 6.07. The number of methoxy groups -OCH3 is 2. The van der Waals surface area contributed by atoms with Gasteiger partial charge in [-0.05, 0) is 13.0 Å². The van der Waals surface area contributed by atoms with Crippen LogP contribution >= 0.6 is 0 Å². The predicted molar refractivity (Wildman–Crippen MR) is 91.7 cm³/mol. The van der Waals surface area contributed by atoms with Gasteiger partial charge in [0, 0.05) is 24.7 Å². The van der Waals surface area contributed by atoms with Crippen molar-refractivity contribution >= 4 is 28.5 Å². The second-order valence-corrected chi connectivity index (χ2v) is 5.22. The summed E-state index contributed by atoms with van der Waals surface area (Å²) in [6.07, 6.45) is 1.36. The van der Waals surface area contributed by atoms with Crippen molar-refractivity contribution in [1.29, 1.82) is 0 Å². The van der Waals surface area contributed by atoms with E-state index in [4.69, 9.17) is 19.3 Å². The summed E-state index contributed by atoms with van der Waals surface area (Å²) in [4.78, 5) is 29.2. The van der Waals surface area contributed by atoms with Gasteiger partial charge < -0.3 is 24.2 Å². The number of nitrogens with zero attached hydrogens (tertiary/aromatic N) is 2. The first kappa shape index (κ1) is 18.3. The number of rotatable bonds is 7. The molecule has 25 heavy (non-hydrogen) atoms. The van der Waals surface area contributed by atoms with E-state index < -0.39 is 11.9 Å². The third-order valence-corrected chi connectivity index (χ3v) is 3.59. The highest BCUT2D eigenvalue weighted by Gasteiger charge is 2.23. The van der Waals surface area contributed by atoms with Crippen molar-refractivity contribution in [2.75, 3.05) is 39.3 Å². The van der Waals surface area contributed by atoms with E-state index in [1.165, 1.54) is 25.3 Å². The number of hydrogen-bond acceptors (Lipinski definition) is 7. The molecule has 0 amide bonds. The third kappa shape index (κ3) is 3.73. The number of carbonyl (C=O) groups excluding carboxylic acids is 1. The summed E-state index contributed by atoms with van der Waals surface area (Å²) in [6, 6.07) is 3.35. The molecule has 8 nitrogen and oxygen atoms in total. The molecule has 0 aliphatic carbocycles. The molecule has 0 unspecified atom stereocenters. The fourth-order valence-electron chi connectivity index (χ4n) is 2.56. The van der Waals surface area contributed by atoms with Gasteiger partial charge in [-0.1, -0.05) is 0 Å². The van der Waals surface area contributed by atoms with Gasteiger partial charge in [0.15, 0.2) is 0 Å². The molecule has 0 spiro atoms. The number of carboxylic acid groups (broad SMARTS) is 1. The number of benzene rings is 1. The zero-order valence-corrected chi connectivity index (χ0v) is 14.5. The number of ether oxygens (including phenoxy) is 3. The first-order chi connectivity index (χ1) is 11.9. The molecule has 8 heteroatoms. The van der Waals surface area contributed by atoms with Crippen molar-refractivity contribution in [1.82, 2.24) is 4.98 Å². The smallest absolute Gasteiger partial charge is 0.341 e. The van der Waals surface area contributed by atoms with Crippen LogP contribution in [0, 0.1) is 0 Å². The van der Waals surface area contributed by atoms with E-state index in [9.17, 15) is 9.59 Å². The number of hydrogen-bond donors (Lipinski definition) is 1. The largest absolute Gasteiger partial charge is 0.497 e. The van der Waals surface area contributed by atoms with Crippen LogP contribution in [0.5, 0.6) is 11.5 Å². The molecule has 134 valence electrons. The van der Waals surface area contributed by atoms with Crippen molar-refractivity contribution in [3.63, 3.8) is 0 Å². The molecule has 0 radical (unpaired) electrons. The molecule has 1 heterocycles. The Morgan fingerprint density at radius 3 is 2.52 bits per heavy atom. The lowest BCUT2D eigenvalue weighted by Gasteiger charge is -2.22. The van der Waals surface area contributed by atoms with E-state index in [-0.39, 0.29) is 18.7 Å². The normalized spacial score (nSPS) is 10.4. The summed E-state index contributed by atoms with van der Waals surface area (Å²) in [7, 11) is 4.58. The van der Waals surface area contributed by atoms with Gasteiger partial charge >= 0.3 is 11.9 Å². The highest BCUT2D eigenvalue weighted by atomic mass is 16.5. The van der Waals surface area contributed by atoms with Gasteiger partial charge in [0.2, 0.25) is 0 Å². The first-order valence-electron chi connectivity index (χ1n) is 7.57. The lowest BCUT2D eigenvalue weighted by atomic mass is 10.1. The van der Waals surface area contributed by atoms with Crippen molar-refractivity contribution < 1.29 is 28.9 Å². The van der Waals surface area contributed by atoms with Gasteiger partial charge in [-0.2, -0.15) is 0 Å². The number of likely N-dealkylation sites (N-methyl/N-ethyl adjacent to an activating group) is 1. The van der Waals surface area contributed by atoms with E-state index in [1.54, 1.807) is 26.1 Å². The Bertz CT molecular complexity index is 805. The first-order valence-corrected chi connectivity index (χ1v) is 7.57. The number of pyridine rings is 1. The minimum atomic E-state index is -1.03. The van der Waals surface area contributed by atoms with E-state index in [0.29, 0.717) is 28.1 Å². The summed E-state index contributed by atoms with van der Waals surface area (Å²) < 4.78 is 15.7. The van der Waals surface area contributed by atoms with Crippen LogP contribution in [-0.2, 0) is 9.53 Å². The molecule has 1 N–H and O–H groups in total. The monoisotopic (exact) mass is 348 g/mol. The molecule has 0 saturated heterocycles. The Morgan fingerprint density at radius 1 is 1.24 bits per heavy atom. The number of esters is 1. The number of fused-ring (bicyclic) bond motifs is 1. The number of aromatic nitrogens is 1. The van der Waals surface area contributed by atoms with E-state index >= 15 is 0 Å². The summed E-state index contributed by atoms with van der Waals surface area (Å²) in [5.74, 6) is -0.657. The molecule has 1 aromatic carbocycles. The molecular formula is C17H20N2O6.